The second-order valence-corrected chi connectivity index (χ2v) is 12.6. The van der Waals surface area contributed by atoms with Gasteiger partial charge in [-0.1, -0.05) is 109 Å². The van der Waals surface area contributed by atoms with Crippen LogP contribution in [0, 0.1) is 0 Å². The van der Waals surface area contributed by atoms with E-state index in [0.29, 0.717) is 49.7 Å². The maximum absolute atomic E-state index is 11.5. The van der Waals surface area contributed by atoms with Gasteiger partial charge in [0.15, 0.2) is 0 Å². The van der Waals surface area contributed by atoms with E-state index >= 15 is 0 Å². The summed E-state index contributed by atoms with van der Waals surface area (Å²) in [7, 11) is 0. The Hall–Kier alpha value is -5.93. The minimum atomic E-state index is -0.777. The molecule has 0 saturated carbocycles. The van der Waals surface area contributed by atoms with Crippen LogP contribution < -0.4 is 20.1 Å². The fraction of sp³-hybridized carbons (Fsp3) is 0.178. The number of amides is 1. The fourth-order valence-corrected chi connectivity index (χ4v) is 6.16. The third kappa shape index (κ3) is 11.0. The van der Waals surface area contributed by atoms with Crippen molar-refractivity contribution < 1.29 is 24.9 Å². The predicted molar refractivity (Wildman–Crippen MR) is 214 cm³/mol. The Morgan fingerprint density at radius 2 is 1.34 bits per heavy atom. The van der Waals surface area contributed by atoms with Gasteiger partial charge in [0, 0.05) is 36.6 Å². The fourth-order valence-electron chi connectivity index (χ4n) is 6.16. The van der Waals surface area contributed by atoms with Gasteiger partial charge >= 0.3 is 0 Å². The molecule has 0 bridgehead atoms. The van der Waals surface area contributed by atoms with E-state index in [-0.39, 0.29) is 5.48 Å². The number of ether oxygens (including phenoxy) is 2. The Bertz CT molecular complexity index is 1990. The summed E-state index contributed by atoms with van der Waals surface area (Å²) in [4.78, 5) is 13.7. The average molecular weight is 710 g/mol. The highest BCUT2D eigenvalue weighted by molar-refractivity contribution is 5.77. The summed E-state index contributed by atoms with van der Waals surface area (Å²) >= 11 is 0. The van der Waals surface area contributed by atoms with E-state index < -0.39 is 6.10 Å². The Balaban J connectivity index is 0.00000541. The molecule has 0 spiro atoms. The van der Waals surface area contributed by atoms with E-state index in [9.17, 15) is 9.90 Å². The zero-order valence-corrected chi connectivity index (χ0v) is 30.0. The van der Waals surface area contributed by atoms with Crippen molar-refractivity contribution >= 4 is 23.5 Å². The van der Waals surface area contributed by atoms with Crippen molar-refractivity contribution in [2.75, 3.05) is 30.3 Å². The molecule has 0 aromatic heterocycles. The molecule has 0 saturated heterocycles. The zero-order valence-electron chi connectivity index (χ0n) is 30.0. The second-order valence-electron chi connectivity index (χ2n) is 12.6. The summed E-state index contributed by atoms with van der Waals surface area (Å²) in [6.45, 7) is 4.83. The molecule has 6 rings (SSSR count). The second kappa shape index (κ2) is 19.6. The highest BCUT2D eigenvalue weighted by atomic mass is 16.5. The van der Waals surface area contributed by atoms with E-state index in [0.717, 1.165) is 46.8 Å². The average Bonchev–Trinajstić information content (AvgIpc) is 3.19. The smallest absolute Gasteiger partial charge is 0.211 e. The van der Waals surface area contributed by atoms with Crippen molar-refractivity contribution in [1.82, 2.24) is 4.90 Å². The largest absolute Gasteiger partial charge is 0.493 e. The van der Waals surface area contributed by atoms with Gasteiger partial charge in [-0.05, 0) is 83.6 Å². The summed E-state index contributed by atoms with van der Waals surface area (Å²) in [5.41, 5.74) is 8.77. The SMILES string of the molecule is CCOc1ccc(Nc2ccc(CCN(Cc3ccccc3)C[C@H](O)c3ccc(OCc4ccccc4)c(NC=O)c3)cc2)cc1-c1ccccc1.O. The van der Waals surface area contributed by atoms with Crippen LogP contribution in [0.4, 0.5) is 17.1 Å². The standard InChI is InChI=1S/C45H45N3O4.H2O/c1-2-51-44-25-23-40(29-41(44)37-16-10-5-11-17-37)47-39-21-18-34(19-22-39)26-27-48(30-35-12-6-3-7-13-35)31-43(50)38-20-24-45(42(28-38)46-33-49)52-32-36-14-8-4-9-15-36;/h3-25,28-29,33,43,47,50H,2,26-27,30-32H2,1H3,(H,46,49);1H2/t43-;/m0./s1. The molecule has 1 atom stereocenters. The lowest BCUT2D eigenvalue weighted by atomic mass is 10.0. The molecular weight excluding hydrogens is 663 g/mol. The van der Waals surface area contributed by atoms with Gasteiger partial charge in [-0.3, -0.25) is 9.69 Å². The zero-order chi connectivity index (χ0) is 36.0. The molecular formula is C45H47N3O5. The first kappa shape index (κ1) is 38.3. The minimum absolute atomic E-state index is 0. The van der Waals surface area contributed by atoms with Crippen LogP contribution in [-0.4, -0.2) is 41.6 Å². The van der Waals surface area contributed by atoms with Gasteiger partial charge in [0.1, 0.15) is 18.1 Å². The lowest BCUT2D eigenvalue weighted by molar-refractivity contribution is -0.105. The molecule has 0 unspecified atom stereocenters. The first-order chi connectivity index (χ1) is 25.6. The monoisotopic (exact) mass is 709 g/mol. The number of carbonyl (C=O) groups excluding carboxylic acids is 1. The predicted octanol–water partition coefficient (Wildman–Crippen LogP) is 8.60. The van der Waals surface area contributed by atoms with E-state index in [1.807, 2.05) is 91.9 Å². The Morgan fingerprint density at radius 1 is 0.698 bits per heavy atom. The maximum atomic E-state index is 11.5. The van der Waals surface area contributed by atoms with Crippen molar-refractivity contribution in [2.24, 2.45) is 0 Å². The van der Waals surface area contributed by atoms with E-state index in [1.54, 1.807) is 12.1 Å². The van der Waals surface area contributed by atoms with Crippen molar-refractivity contribution in [3.05, 3.63) is 174 Å². The van der Waals surface area contributed by atoms with Crippen LogP contribution in [0.1, 0.15) is 35.3 Å². The first-order valence-corrected chi connectivity index (χ1v) is 17.7. The molecule has 0 heterocycles. The van der Waals surface area contributed by atoms with Crippen LogP contribution in [0.2, 0.25) is 0 Å². The molecule has 0 aliphatic heterocycles. The third-order valence-corrected chi connectivity index (χ3v) is 8.84. The van der Waals surface area contributed by atoms with Crippen LogP contribution in [0.25, 0.3) is 11.1 Å². The highest BCUT2D eigenvalue weighted by Gasteiger charge is 2.17. The van der Waals surface area contributed by atoms with E-state index in [1.165, 1.54) is 11.1 Å². The topological polar surface area (TPSA) is 115 Å². The third-order valence-electron chi connectivity index (χ3n) is 8.84. The van der Waals surface area contributed by atoms with Crippen LogP contribution in [0.15, 0.2) is 152 Å². The van der Waals surface area contributed by atoms with Gasteiger partial charge in [0.2, 0.25) is 6.41 Å². The summed E-state index contributed by atoms with van der Waals surface area (Å²) < 4.78 is 11.9. The number of hydrogen-bond donors (Lipinski definition) is 3. The molecule has 6 aromatic carbocycles. The summed E-state index contributed by atoms with van der Waals surface area (Å²) in [5.74, 6) is 1.41. The Kier molecular flexibility index (Phi) is 14.2. The number of aliphatic hydroxyl groups excluding tert-OH is 1. The van der Waals surface area contributed by atoms with Crippen molar-refractivity contribution in [3.63, 3.8) is 0 Å². The van der Waals surface area contributed by atoms with Crippen LogP contribution in [0.5, 0.6) is 11.5 Å². The van der Waals surface area contributed by atoms with Gasteiger partial charge in [-0.15, -0.1) is 0 Å². The number of nitrogens with zero attached hydrogens (tertiary/aromatic N) is 1. The molecule has 0 fully saturated rings. The molecule has 53 heavy (non-hydrogen) atoms. The van der Waals surface area contributed by atoms with E-state index in [2.05, 4.69) is 70.1 Å². The Morgan fingerprint density at radius 3 is 2.02 bits per heavy atom. The van der Waals surface area contributed by atoms with E-state index in [4.69, 9.17) is 9.47 Å². The molecule has 272 valence electrons. The lowest BCUT2D eigenvalue weighted by Crippen LogP contribution is -2.30. The highest BCUT2D eigenvalue weighted by Crippen LogP contribution is 2.34. The quantitative estimate of drug-likeness (QED) is 0.0771. The van der Waals surface area contributed by atoms with Crippen molar-refractivity contribution in [3.8, 4) is 22.6 Å². The first-order valence-electron chi connectivity index (χ1n) is 17.7. The molecule has 0 aliphatic carbocycles. The molecule has 5 N–H and O–H groups in total. The normalized spacial score (nSPS) is 11.3. The summed E-state index contributed by atoms with van der Waals surface area (Å²) in [5, 5.41) is 17.8. The summed E-state index contributed by atoms with van der Waals surface area (Å²) in [6.07, 6.45) is 0.662. The Labute approximate surface area is 312 Å². The van der Waals surface area contributed by atoms with Gasteiger partial charge in [0.25, 0.3) is 0 Å². The van der Waals surface area contributed by atoms with Gasteiger partial charge in [0.05, 0.1) is 18.4 Å². The number of nitrogens with one attached hydrogen (secondary N) is 2. The van der Waals surface area contributed by atoms with Crippen molar-refractivity contribution in [1.29, 1.82) is 0 Å². The number of carbonyl (C=O) groups is 1. The van der Waals surface area contributed by atoms with Gasteiger partial charge < -0.3 is 30.7 Å². The number of rotatable bonds is 18. The van der Waals surface area contributed by atoms with Crippen LogP contribution >= 0.6 is 0 Å². The molecule has 6 aromatic rings. The molecule has 0 aliphatic rings. The number of hydrogen-bond acceptors (Lipinski definition) is 6. The van der Waals surface area contributed by atoms with Gasteiger partial charge in [-0.25, -0.2) is 0 Å². The van der Waals surface area contributed by atoms with Crippen LogP contribution in [-0.2, 0) is 24.4 Å². The molecule has 8 heteroatoms. The minimum Gasteiger partial charge on any atom is -0.493 e. The molecule has 8 nitrogen and oxygen atoms in total. The summed E-state index contributed by atoms with van der Waals surface area (Å²) in [6, 6.07) is 50.6. The number of benzene rings is 6. The lowest BCUT2D eigenvalue weighted by Gasteiger charge is -2.26. The number of aliphatic hydroxyl groups is 1. The van der Waals surface area contributed by atoms with Gasteiger partial charge in [-0.2, -0.15) is 0 Å². The number of anilines is 3. The molecule has 1 amide bonds. The molecule has 0 radical (unpaired) electrons. The van der Waals surface area contributed by atoms with Crippen molar-refractivity contribution in [2.45, 2.75) is 32.6 Å². The van der Waals surface area contributed by atoms with Crippen LogP contribution in [0.3, 0.4) is 0 Å². The maximum Gasteiger partial charge on any atom is 0.211 e.